The third-order valence-corrected chi connectivity index (χ3v) is 5.76. The van der Waals surface area contributed by atoms with Crippen LogP contribution in [0.15, 0.2) is 41.3 Å². The number of ether oxygens (including phenoxy) is 3. The molecule has 0 N–H and O–H groups in total. The minimum absolute atomic E-state index is 0.181. The van der Waals surface area contributed by atoms with Gasteiger partial charge in [-0.3, -0.25) is 0 Å². The van der Waals surface area contributed by atoms with Crippen molar-refractivity contribution < 1.29 is 22.6 Å². The van der Waals surface area contributed by atoms with Gasteiger partial charge in [0.15, 0.2) is 0 Å². The second-order valence-electron chi connectivity index (χ2n) is 5.57. The minimum atomic E-state index is -3.63. The molecule has 2 aromatic rings. The molecule has 0 atom stereocenters. The first-order valence-electron chi connectivity index (χ1n) is 7.65. The van der Waals surface area contributed by atoms with E-state index in [1.54, 1.807) is 64.8 Å². The number of sulfonamides is 1. The molecule has 0 unspecified atom stereocenters. The van der Waals surface area contributed by atoms with Gasteiger partial charge >= 0.3 is 0 Å². The van der Waals surface area contributed by atoms with E-state index in [2.05, 4.69) is 0 Å². The summed E-state index contributed by atoms with van der Waals surface area (Å²) in [5.74, 6) is 1.88. The van der Waals surface area contributed by atoms with Crippen molar-refractivity contribution in [2.45, 2.75) is 18.4 Å². The number of methoxy groups -OCH3 is 3. The van der Waals surface area contributed by atoms with Crippen LogP contribution in [0.2, 0.25) is 0 Å². The summed E-state index contributed by atoms with van der Waals surface area (Å²) in [4.78, 5) is 0.223. The van der Waals surface area contributed by atoms with Gasteiger partial charge in [0.1, 0.15) is 17.2 Å². The topological polar surface area (TPSA) is 65.1 Å². The summed E-state index contributed by atoms with van der Waals surface area (Å²) in [6, 6.07) is 10.1. The fraction of sp³-hybridized carbons (Fsp3) is 0.333. The van der Waals surface area contributed by atoms with Crippen LogP contribution in [0.5, 0.6) is 17.2 Å². The van der Waals surface area contributed by atoms with E-state index in [1.165, 1.54) is 4.31 Å². The summed E-state index contributed by atoms with van der Waals surface area (Å²) in [6.07, 6.45) is 0. The number of hydrogen-bond acceptors (Lipinski definition) is 5. The number of hydrogen-bond donors (Lipinski definition) is 0. The maximum absolute atomic E-state index is 12.8. The predicted molar refractivity (Wildman–Crippen MR) is 95.9 cm³/mol. The standard InChI is InChI=1S/C18H23NO5S/c1-13-10-16(8-9-17(13)23-4)25(20,21)19(2)12-14-6-7-15(22-3)11-18(14)24-5/h6-11H,12H2,1-5H3. The van der Waals surface area contributed by atoms with Crippen LogP contribution in [0.3, 0.4) is 0 Å². The van der Waals surface area contributed by atoms with Crippen molar-refractivity contribution in [3.63, 3.8) is 0 Å². The molecular formula is C18H23NO5S. The molecule has 0 amide bonds. The van der Waals surface area contributed by atoms with Crippen molar-refractivity contribution in [3.05, 3.63) is 47.5 Å². The number of nitrogens with zero attached hydrogens (tertiary/aromatic N) is 1. The molecule has 0 aliphatic carbocycles. The fourth-order valence-corrected chi connectivity index (χ4v) is 3.73. The van der Waals surface area contributed by atoms with Crippen LogP contribution in [0, 0.1) is 6.92 Å². The SMILES string of the molecule is COc1ccc(CN(C)S(=O)(=O)c2ccc(OC)c(C)c2)c(OC)c1. The zero-order chi connectivity index (χ0) is 18.6. The lowest BCUT2D eigenvalue weighted by atomic mass is 10.2. The molecule has 0 aliphatic heterocycles. The Morgan fingerprint density at radius 1 is 0.920 bits per heavy atom. The molecule has 0 spiro atoms. The third kappa shape index (κ3) is 4.05. The van der Waals surface area contributed by atoms with Crippen molar-refractivity contribution in [3.8, 4) is 17.2 Å². The molecule has 6 nitrogen and oxygen atoms in total. The Morgan fingerprint density at radius 3 is 2.16 bits per heavy atom. The van der Waals surface area contributed by atoms with Crippen LogP contribution >= 0.6 is 0 Å². The third-order valence-electron chi connectivity index (χ3n) is 3.96. The monoisotopic (exact) mass is 365 g/mol. The first-order chi connectivity index (χ1) is 11.8. The molecule has 25 heavy (non-hydrogen) atoms. The highest BCUT2D eigenvalue weighted by molar-refractivity contribution is 7.89. The Hall–Kier alpha value is -2.25. The van der Waals surface area contributed by atoms with Crippen LogP contribution in [-0.2, 0) is 16.6 Å². The summed E-state index contributed by atoms with van der Waals surface area (Å²) in [7, 11) is 2.57. The maximum atomic E-state index is 12.8. The quantitative estimate of drug-likeness (QED) is 0.755. The zero-order valence-corrected chi connectivity index (χ0v) is 15.9. The van der Waals surface area contributed by atoms with Gasteiger partial charge in [-0.1, -0.05) is 6.07 Å². The number of rotatable bonds is 7. The molecule has 0 saturated heterocycles. The Balaban J connectivity index is 2.30. The summed E-state index contributed by atoms with van der Waals surface area (Å²) in [5, 5.41) is 0. The lowest BCUT2D eigenvalue weighted by Gasteiger charge is -2.19. The van der Waals surface area contributed by atoms with Crippen LogP contribution < -0.4 is 14.2 Å². The highest BCUT2D eigenvalue weighted by Gasteiger charge is 2.23. The van der Waals surface area contributed by atoms with Crippen molar-refractivity contribution in [2.24, 2.45) is 0 Å². The molecule has 7 heteroatoms. The molecule has 0 saturated carbocycles. The van der Waals surface area contributed by atoms with Crippen LogP contribution in [0.4, 0.5) is 0 Å². The van der Waals surface area contributed by atoms with Gasteiger partial charge in [-0.2, -0.15) is 4.31 Å². The predicted octanol–water partition coefficient (Wildman–Crippen LogP) is 2.84. The van der Waals surface area contributed by atoms with E-state index >= 15 is 0 Å². The van der Waals surface area contributed by atoms with E-state index < -0.39 is 10.0 Å². The van der Waals surface area contributed by atoms with Crippen LogP contribution in [-0.4, -0.2) is 41.1 Å². The minimum Gasteiger partial charge on any atom is -0.497 e. The molecule has 0 heterocycles. The van der Waals surface area contributed by atoms with E-state index in [1.807, 2.05) is 6.92 Å². The lowest BCUT2D eigenvalue weighted by molar-refractivity contribution is 0.384. The van der Waals surface area contributed by atoms with Crippen molar-refractivity contribution >= 4 is 10.0 Å². The normalized spacial score (nSPS) is 11.4. The summed E-state index contributed by atoms with van der Waals surface area (Å²) in [6.45, 7) is 1.99. The molecule has 0 aromatic heterocycles. The van der Waals surface area contributed by atoms with E-state index in [0.29, 0.717) is 17.2 Å². The van der Waals surface area contributed by atoms with Gasteiger partial charge in [-0.15, -0.1) is 0 Å². The summed E-state index contributed by atoms with van der Waals surface area (Å²) >= 11 is 0. The van der Waals surface area contributed by atoms with Crippen molar-refractivity contribution in [2.75, 3.05) is 28.4 Å². The summed E-state index contributed by atoms with van der Waals surface area (Å²) in [5.41, 5.74) is 1.51. The van der Waals surface area contributed by atoms with E-state index in [0.717, 1.165) is 11.1 Å². The van der Waals surface area contributed by atoms with Crippen molar-refractivity contribution in [1.82, 2.24) is 4.31 Å². The first-order valence-corrected chi connectivity index (χ1v) is 9.09. The van der Waals surface area contributed by atoms with Crippen LogP contribution in [0.25, 0.3) is 0 Å². The van der Waals surface area contributed by atoms with Gasteiger partial charge in [0.05, 0.1) is 26.2 Å². The molecular weight excluding hydrogens is 342 g/mol. The number of benzene rings is 2. The Labute approximate surface area is 149 Å². The second-order valence-corrected chi connectivity index (χ2v) is 7.62. The van der Waals surface area contributed by atoms with Gasteiger partial charge in [0.2, 0.25) is 10.0 Å². The zero-order valence-electron chi connectivity index (χ0n) is 15.1. The first kappa shape index (κ1) is 19.1. The molecule has 0 aliphatic rings. The number of aryl methyl sites for hydroxylation is 1. The summed E-state index contributed by atoms with van der Waals surface area (Å²) < 4.78 is 42.6. The van der Waals surface area contributed by atoms with E-state index in [4.69, 9.17) is 14.2 Å². The molecule has 0 bridgehead atoms. The molecule has 0 radical (unpaired) electrons. The molecule has 2 rings (SSSR count). The average molecular weight is 365 g/mol. The average Bonchev–Trinajstić information content (AvgIpc) is 2.61. The highest BCUT2D eigenvalue weighted by atomic mass is 32.2. The highest BCUT2D eigenvalue weighted by Crippen LogP contribution is 2.28. The van der Waals surface area contributed by atoms with E-state index in [9.17, 15) is 8.42 Å². The smallest absolute Gasteiger partial charge is 0.243 e. The van der Waals surface area contributed by atoms with E-state index in [-0.39, 0.29) is 11.4 Å². The van der Waals surface area contributed by atoms with Crippen LogP contribution in [0.1, 0.15) is 11.1 Å². The van der Waals surface area contributed by atoms with Gasteiger partial charge in [0.25, 0.3) is 0 Å². The lowest BCUT2D eigenvalue weighted by Crippen LogP contribution is -2.26. The van der Waals surface area contributed by atoms with Gasteiger partial charge < -0.3 is 14.2 Å². The molecule has 136 valence electrons. The Morgan fingerprint density at radius 2 is 1.60 bits per heavy atom. The fourth-order valence-electron chi connectivity index (χ4n) is 2.50. The van der Waals surface area contributed by atoms with Gasteiger partial charge in [-0.25, -0.2) is 8.42 Å². The van der Waals surface area contributed by atoms with Crippen molar-refractivity contribution in [1.29, 1.82) is 0 Å². The Bertz CT molecular complexity index is 849. The maximum Gasteiger partial charge on any atom is 0.243 e. The Kier molecular flexibility index (Phi) is 5.92. The van der Waals surface area contributed by atoms with Gasteiger partial charge in [-0.05, 0) is 36.8 Å². The largest absolute Gasteiger partial charge is 0.497 e. The molecule has 0 fully saturated rings. The van der Waals surface area contributed by atoms with Gasteiger partial charge in [0, 0.05) is 25.2 Å². The molecule has 2 aromatic carbocycles. The second kappa shape index (κ2) is 7.76.